The van der Waals surface area contributed by atoms with E-state index in [0.717, 1.165) is 42.6 Å². The van der Waals surface area contributed by atoms with E-state index in [4.69, 9.17) is 4.74 Å². The molecule has 88 valence electrons. The molecule has 17 heavy (non-hydrogen) atoms. The topological polar surface area (TPSA) is 52.0 Å². The molecule has 1 aliphatic rings. The van der Waals surface area contributed by atoms with E-state index in [-0.39, 0.29) is 0 Å². The molecule has 0 amide bonds. The van der Waals surface area contributed by atoms with E-state index in [1.807, 2.05) is 24.3 Å². The lowest BCUT2D eigenvalue weighted by Gasteiger charge is -2.16. The summed E-state index contributed by atoms with van der Waals surface area (Å²) in [4.78, 5) is 0. The second-order valence-electron chi connectivity index (χ2n) is 4.01. The maximum atomic E-state index is 5.14. The van der Waals surface area contributed by atoms with E-state index in [9.17, 15) is 0 Å². The molecule has 2 heterocycles. The number of benzene rings is 1. The molecule has 1 aromatic carbocycles. The van der Waals surface area contributed by atoms with Gasteiger partial charge in [-0.2, -0.15) is 0 Å². The minimum atomic E-state index is 0.852. The van der Waals surface area contributed by atoms with Crippen LogP contribution in [-0.4, -0.2) is 28.4 Å². The second-order valence-corrected chi connectivity index (χ2v) is 4.01. The number of nitrogens with zero attached hydrogens (tertiary/aromatic N) is 3. The van der Waals surface area contributed by atoms with E-state index in [1.165, 1.54) is 0 Å². The van der Waals surface area contributed by atoms with Crippen LogP contribution in [0.4, 0.5) is 5.95 Å². The fourth-order valence-electron chi connectivity index (χ4n) is 2.04. The highest BCUT2D eigenvalue weighted by atomic mass is 16.5. The van der Waals surface area contributed by atoms with Gasteiger partial charge in [-0.15, -0.1) is 10.2 Å². The summed E-state index contributed by atoms with van der Waals surface area (Å²) in [5, 5.41) is 11.6. The Hall–Kier alpha value is -2.04. The Morgan fingerprint density at radius 3 is 2.82 bits per heavy atom. The van der Waals surface area contributed by atoms with Crippen LogP contribution in [0.1, 0.15) is 6.42 Å². The number of ether oxygens (including phenoxy) is 1. The molecule has 0 bridgehead atoms. The Kier molecular flexibility index (Phi) is 2.44. The van der Waals surface area contributed by atoms with Crippen molar-refractivity contribution in [3.05, 3.63) is 24.3 Å². The summed E-state index contributed by atoms with van der Waals surface area (Å²) in [5.41, 5.74) is 1.06. The van der Waals surface area contributed by atoms with Gasteiger partial charge >= 0.3 is 0 Å². The van der Waals surface area contributed by atoms with Gasteiger partial charge in [0, 0.05) is 18.7 Å². The number of anilines is 1. The highest BCUT2D eigenvalue weighted by Crippen LogP contribution is 2.24. The predicted molar refractivity (Wildman–Crippen MR) is 65.1 cm³/mol. The number of fused-ring (bicyclic) bond motifs is 1. The third kappa shape index (κ3) is 1.73. The SMILES string of the molecule is COc1ccc(-c2nnc3n2CCCN3)cc1. The number of methoxy groups -OCH3 is 1. The van der Waals surface area contributed by atoms with Crippen molar-refractivity contribution in [2.75, 3.05) is 19.0 Å². The van der Waals surface area contributed by atoms with Crippen LogP contribution in [0.15, 0.2) is 24.3 Å². The molecule has 0 radical (unpaired) electrons. The van der Waals surface area contributed by atoms with Crippen molar-refractivity contribution >= 4 is 5.95 Å². The summed E-state index contributed by atoms with van der Waals surface area (Å²) in [6.07, 6.45) is 1.11. The Labute approximate surface area is 99.4 Å². The van der Waals surface area contributed by atoms with Gasteiger partial charge in [0.25, 0.3) is 0 Å². The molecule has 5 heteroatoms. The van der Waals surface area contributed by atoms with Crippen LogP contribution in [0.5, 0.6) is 5.75 Å². The second kappa shape index (κ2) is 4.08. The quantitative estimate of drug-likeness (QED) is 0.854. The molecule has 2 aromatic rings. The average Bonchev–Trinajstić information content (AvgIpc) is 2.83. The van der Waals surface area contributed by atoms with Crippen molar-refractivity contribution in [1.82, 2.24) is 14.8 Å². The molecule has 0 aliphatic carbocycles. The van der Waals surface area contributed by atoms with Crippen LogP contribution < -0.4 is 10.1 Å². The standard InChI is InChI=1S/C12H14N4O/c1-17-10-5-3-9(4-6-10)11-14-15-12-13-7-2-8-16(11)12/h3-6H,2,7-8H2,1H3,(H,13,15). The highest BCUT2D eigenvalue weighted by Gasteiger charge is 2.16. The highest BCUT2D eigenvalue weighted by molar-refractivity contribution is 5.58. The summed E-state index contributed by atoms with van der Waals surface area (Å²) in [6, 6.07) is 7.88. The molecule has 5 nitrogen and oxygen atoms in total. The Morgan fingerprint density at radius 1 is 1.24 bits per heavy atom. The fourth-order valence-corrected chi connectivity index (χ4v) is 2.04. The molecule has 1 aliphatic heterocycles. The number of hydrogen-bond acceptors (Lipinski definition) is 4. The average molecular weight is 230 g/mol. The lowest BCUT2D eigenvalue weighted by molar-refractivity contribution is 0.415. The number of hydrogen-bond donors (Lipinski definition) is 1. The first-order chi connectivity index (χ1) is 8.38. The third-order valence-corrected chi connectivity index (χ3v) is 2.94. The summed E-state index contributed by atoms with van der Waals surface area (Å²) < 4.78 is 7.26. The lowest BCUT2D eigenvalue weighted by atomic mass is 10.2. The molecule has 0 unspecified atom stereocenters. The zero-order valence-electron chi connectivity index (χ0n) is 9.68. The van der Waals surface area contributed by atoms with Crippen LogP contribution in [-0.2, 0) is 6.54 Å². The van der Waals surface area contributed by atoms with Gasteiger partial charge in [0.1, 0.15) is 5.75 Å². The minimum absolute atomic E-state index is 0.852. The van der Waals surface area contributed by atoms with E-state index < -0.39 is 0 Å². The van der Waals surface area contributed by atoms with Gasteiger partial charge < -0.3 is 10.1 Å². The first kappa shape index (κ1) is 10.1. The molecule has 1 aromatic heterocycles. The Bertz CT molecular complexity index is 518. The third-order valence-electron chi connectivity index (χ3n) is 2.94. The fraction of sp³-hybridized carbons (Fsp3) is 0.333. The van der Waals surface area contributed by atoms with E-state index in [2.05, 4.69) is 20.1 Å². The molecular weight excluding hydrogens is 216 g/mol. The Morgan fingerprint density at radius 2 is 2.06 bits per heavy atom. The molecule has 3 rings (SSSR count). The summed E-state index contributed by atoms with van der Waals surface area (Å²) in [5.74, 6) is 2.63. The van der Waals surface area contributed by atoms with E-state index in [0.29, 0.717) is 0 Å². The van der Waals surface area contributed by atoms with Crippen molar-refractivity contribution in [1.29, 1.82) is 0 Å². The smallest absolute Gasteiger partial charge is 0.224 e. The zero-order valence-corrected chi connectivity index (χ0v) is 9.68. The Balaban J connectivity index is 2.00. The monoisotopic (exact) mass is 230 g/mol. The van der Waals surface area contributed by atoms with Crippen molar-refractivity contribution in [2.24, 2.45) is 0 Å². The van der Waals surface area contributed by atoms with Crippen LogP contribution in [0.2, 0.25) is 0 Å². The molecule has 0 saturated heterocycles. The van der Waals surface area contributed by atoms with Gasteiger partial charge in [0.2, 0.25) is 5.95 Å². The summed E-state index contributed by atoms with van der Waals surface area (Å²) in [7, 11) is 1.66. The van der Waals surface area contributed by atoms with Gasteiger partial charge in [-0.05, 0) is 30.7 Å². The van der Waals surface area contributed by atoms with Crippen molar-refractivity contribution in [3.63, 3.8) is 0 Å². The van der Waals surface area contributed by atoms with E-state index >= 15 is 0 Å². The number of rotatable bonds is 2. The van der Waals surface area contributed by atoms with Gasteiger partial charge in [-0.1, -0.05) is 0 Å². The zero-order chi connectivity index (χ0) is 11.7. The van der Waals surface area contributed by atoms with Crippen LogP contribution >= 0.6 is 0 Å². The molecule has 0 atom stereocenters. The minimum Gasteiger partial charge on any atom is -0.497 e. The normalized spacial score (nSPS) is 13.9. The van der Waals surface area contributed by atoms with Crippen molar-refractivity contribution < 1.29 is 4.74 Å². The largest absolute Gasteiger partial charge is 0.497 e. The van der Waals surface area contributed by atoms with E-state index in [1.54, 1.807) is 7.11 Å². The number of aromatic nitrogens is 3. The summed E-state index contributed by atoms with van der Waals surface area (Å²) in [6.45, 7) is 1.94. The first-order valence-corrected chi connectivity index (χ1v) is 5.70. The van der Waals surface area contributed by atoms with Crippen molar-refractivity contribution in [3.8, 4) is 17.1 Å². The maximum Gasteiger partial charge on any atom is 0.224 e. The van der Waals surface area contributed by atoms with Gasteiger partial charge in [-0.25, -0.2) is 0 Å². The first-order valence-electron chi connectivity index (χ1n) is 5.70. The van der Waals surface area contributed by atoms with Gasteiger partial charge in [0.15, 0.2) is 5.82 Å². The molecule has 0 spiro atoms. The maximum absolute atomic E-state index is 5.14. The van der Waals surface area contributed by atoms with Crippen LogP contribution in [0.3, 0.4) is 0 Å². The molecule has 0 saturated carbocycles. The molecule has 1 N–H and O–H groups in total. The predicted octanol–water partition coefficient (Wildman–Crippen LogP) is 1.77. The molecule has 0 fully saturated rings. The van der Waals surface area contributed by atoms with Crippen molar-refractivity contribution in [2.45, 2.75) is 13.0 Å². The van der Waals surface area contributed by atoms with Crippen LogP contribution in [0.25, 0.3) is 11.4 Å². The number of nitrogens with one attached hydrogen (secondary N) is 1. The van der Waals surface area contributed by atoms with Gasteiger partial charge in [0.05, 0.1) is 7.11 Å². The molecular formula is C12H14N4O. The van der Waals surface area contributed by atoms with Crippen LogP contribution in [0, 0.1) is 0 Å². The summed E-state index contributed by atoms with van der Waals surface area (Å²) >= 11 is 0. The van der Waals surface area contributed by atoms with Gasteiger partial charge in [-0.3, -0.25) is 4.57 Å². The lowest BCUT2D eigenvalue weighted by Crippen LogP contribution is -2.17.